The molecular weight excluding hydrogens is 298 g/mol. The molecule has 0 aliphatic heterocycles. The predicted molar refractivity (Wildman–Crippen MR) is 95.9 cm³/mol. The third-order valence-electron chi connectivity index (χ3n) is 5.08. The maximum Gasteiger partial charge on any atom is 0.220 e. The van der Waals surface area contributed by atoms with E-state index in [0.29, 0.717) is 6.42 Å². The Morgan fingerprint density at radius 1 is 1.25 bits per heavy atom. The molecule has 1 aliphatic rings. The summed E-state index contributed by atoms with van der Waals surface area (Å²) in [4.78, 5) is 16.3. The van der Waals surface area contributed by atoms with E-state index in [1.54, 1.807) is 12.5 Å². The van der Waals surface area contributed by atoms with E-state index in [4.69, 9.17) is 0 Å². The summed E-state index contributed by atoms with van der Waals surface area (Å²) in [5.74, 6) is 0.932. The first kappa shape index (κ1) is 16.7. The van der Waals surface area contributed by atoms with Gasteiger partial charge in [-0.05, 0) is 37.0 Å². The Bertz CT molecular complexity index is 627. The fourth-order valence-corrected chi connectivity index (χ4v) is 3.55. The molecule has 1 aliphatic carbocycles. The average Bonchev–Trinajstić information content (AvgIpc) is 3.16. The number of imidazole rings is 1. The van der Waals surface area contributed by atoms with E-state index in [1.165, 1.54) is 32.1 Å². The van der Waals surface area contributed by atoms with Gasteiger partial charge in [0, 0.05) is 24.5 Å². The Morgan fingerprint density at radius 2 is 2.00 bits per heavy atom. The highest BCUT2D eigenvalue weighted by Crippen LogP contribution is 2.27. The van der Waals surface area contributed by atoms with Crippen molar-refractivity contribution < 1.29 is 4.79 Å². The smallest absolute Gasteiger partial charge is 0.220 e. The number of nitrogens with zero attached hydrogens (tertiary/aromatic N) is 2. The molecule has 1 fully saturated rings. The lowest BCUT2D eigenvalue weighted by molar-refractivity contribution is -0.122. The monoisotopic (exact) mass is 325 g/mol. The van der Waals surface area contributed by atoms with Crippen molar-refractivity contribution >= 4 is 5.91 Å². The SMILES string of the molecule is CC(NC(=O)CCC1CCCCC1)c1ccc(-n2ccnc2)cc1. The topological polar surface area (TPSA) is 46.9 Å². The Kier molecular flexibility index (Phi) is 5.68. The molecule has 0 spiro atoms. The summed E-state index contributed by atoms with van der Waals surface area (Å²) in [6.07, 6.45) is 13.8. The molecule has 1 heterocycles. The number of amides is 1. The second-order valence-electron chi connectivity index (χ2n) is 6.89. The van der Waals surface area contributed by atoms with E-state index >= 15 is 0 Å². The van der Waals surface area contributed by atoms with Crippen molar-refractivity contribution in [1.29, 1.82) is 0 Å². The molecule has 1 aromatic carbocycles. The third-order valence-corrected chi connectivity index (χ3v) is 5.08. The van der Waals surface area contributed by atoms with Gasteiger partial charge in [-0.2, -0.15) is 0 Å². The lowest BCUT2D eigenvalue weighted by atomic mass is 9.86. The van der Waals surface area contributed by atoms with Gasteiger partial charge in [0.1, 0.15) is 0 Å². The maximum absolute atomic E-state index is 12.2. The van der Waals surface area contributed by atoms with Gasteiger partial charge in [0.2, 0.25) is 5.91 Å². The van der Waals surface area contributed by atoms with Crippen LogP contribution in [0.15, 0.2) is 43.0 Å². The van der Waals surface area contributed by atoms with Gasteiger partial charge < -0.3 is 9.88 Å². The maximum atomic E-state index is 12.2. The number of benzene rings is 1. The van der Waals surface area contributed by atoms with Gasteiger partial charge in [-0.3, -0.25) is 4.79 Å². The Morgan fingerprint density at radius 3 is 2.67 bits per heavy atom. The fraction of sp³-hybridized carbons (Fsp3) is 0.500. The van der Waals surface area contributed by atoms with Crippen LogP contribution in [0.4, 0.5) is 0 Å². The summed E-state index contributed by atoms with van der Waals surface area (Å²) in [6, 6.07) is 8.30. The van der Waals surface area contributed by atoms with Crippen LogP contribution in [0.5, 0.6) is 0 Å². The van der Waals surface area contributed by atoms with Crippen molar-refractivity contribution in [3.05, 3.63) is 48.5 Å². The Balaban J connectivity index is 1.48. The van der Waals surface area contributed by atoms with Crippen LogP contribution in [0.3, 0.4) is 0 Å². The van der Waals surface area contributed by atoms with Gasteiger partial charge in [0.15, 0.2) is 0 Å². The van der Waals surface area contributed by atoms with Crippen LogP contribution >= 0.6 is 0 Å². The molecule has 1 saturated carbocycles. The molecule has 1 unspecified atom stereocenters. The lowest BCUT2D eigenvalue weighted by Gasteiger charge is -2.21. The van der Waals surface area contributed by atoms with Crippen molar-refractivity contribution in [2.24, 2.45) is 5.92 Å². The highest BCUT2D eigenvalue weighted by molar-refractivity contribution is 5.76. The molecule has 1 amide bonds. The largest absolute Gasteiger partial charge is 0.350 e. The summed E-state index contributed by atoms with van der Waals surface area (Å²) in [7, 11) is 0. The molecule has 0 saturated heterocycles. The molecule has 4 nitrogen and oxygen atoms in total. The summed E-state index contributed by atoms with van der Waals surface area (Å²) >= 11 is 0. The van der Waals surface area contributed by atoms with Gasteiger partial charge in [0.25, 0.3) is 0 Å². The molecule has 1 N–H and O–H groups in total. The first-order chi connectivity index (χ1) is 11.7. The highest BCUT2D eigenvalue weighted by atomic mass is 16.1. The minimum Gasteiger partial charge on any atom is -0.350 e. The molecule has 2 aromatic rings. The van der Waals surface area contributed by atoms with Crippen LogP contribution in [0.1, 0.15) is 63.5 Å². The average molecular weight is 325 g/mol. The third kappa shape index (κ3) is 4.47. The minimum absolute atomic E-state index is 0.0423. The number of hydrogen-bond donors (Lipinski definition) is 1. The number of rotatable bonds is 6. The number of carbonyl (C=O) groups excluding carboxylic acids is 1. The van der Waals surface area contributed by atoms with E-state index in [9.17, 15) is 4.79 Å². The standard InChI is InChI=1S/C20H27N3O/c1-16(22-20(24)12-7-17-5-3-2-4-6-17)18-8-10-19(11-9-18)23-14-13-21-15-23/h8-11,13-17H,2-7,12H2,1H3,(H,22,24). The quantitative estimate of drug-likeness (QED) is 0.855. The molecule has 3 rings (SSSR count). The second-order valence-corrected chi connectivity index (χ2v) is 6.89. The summed E-state index contributed by atoms with van der Waals surface area (Å²) in [6.45, 7) is 2.05. The predicted octanol–water partition coefficient (Wildman–Crippen LogP) is 4.41. The van der Waals surface area contributed by atoms with E-state index < -0.39 is 0 Å². The van der Waals surface area contributed by atoms with Crippen molar-refractivity contribution in [2.75, 3.05) is 0 Å². The lowest BCUT2D eigenvalue weighted by Crippen LogP contribution is -2.27. The Hall–Kier alpha value is -2.10. The minimum atomic E-state index is 0.0423. The number of hydrogen-bond acceptors (Lipinski definition) is 2. The van der Waals surface area contributed by atoms with Crippen molar-refractivity contribution in [3.8, 4) is 5.69 Å². The van der Waals surface area contributed by atoms with Crippen molar-refractivity contribution in [3.63, 3.8) is 0 Å². The number of aromatic nitrogens is 2. The zero-order valence-electron chi connectivity index (χ0n) is 14.4. The van der Waals surface area contributed by atoms with Gasteiger partial charge in [-0.15, -0.1) is 0 Å². The molecule has 0 bridgehead atoms. The highest BCUT2D eigenvalue weighted by Gasteiger charge is 2.16. The zero-order chi connectivity index (χ0) is 16.8. The van der Waals surface area contributed by atoms with Crippen LogP contribution in [-0.2, 0) is 4.79 Å². The summed E-state index contributed by atoms with van der Waals surface area (Å²) in [5.41, 5.74) is 2.21. The first-order valence-corrected chi connectivity index (χ1v) is 9.10. The van der Waals surface area contributed by atoms with Gasteiger partial charge in [0.05, 0.1) is 12.4 Å². The van der Waals surface area contributed by atoms with Crippen LogP contribution in [0, 0.1) is 5.92 Å². The van der Waals surface area contributed by atoms with Crippen molar-refractivity contribution in [2.45, 2.75) is 57.9 Å². The van der Waals surface area contributed by atoms with Crippen LogP contribution in [0.2, 0.25) is 0 Å². The van der Waals surface area contributed by atoms with E-state index in [2.05, 4.69) is 34.6 Å². The van der Waals surface area contributed by atoms with Gasteiger partial charge in [-0.1, -0.05) is 44.2 Å². The second kappa shape index (κ2) is 8.13. The van der Waals surface area contributed by atoms with Gasteiger partial charge in [-0.25, -0.2) is 4.98 Å². The van der Waals surface area contributed by atoms with E-state index in [1.807, 2.05) is 17.7 Å². The van der Waals surface area contributed by atoms with Gasteiger partial charge >= 0.3 is 0 Å². The first-order valence-electron chi connectivity index (χ1n) is 9.10. The molecular formula is C20H27N3O. The molecule has 4 heteroatoms. The summed E-state index contributed by atoms with van der Waals surface area (Å²) in [5, 5.41) is 3.13. The number of carbonyl (C=O) groups is 1. The van der Waals surface area contributed by atoms with Crippen LogP contribution in [-0.4, -0.2) is 15.5 Å². The normalized spacial score (nSPS) is 16.7. The molecule has 1 atom stereocenters. The number of nitrogens with one attached hydrogen (secondary N) is 1. The fourth-order valence-electron chi connectivity index (χ4n) is 3.55. The van der Waals surface area contributed by atoms with Crippen molar-refractivity contribution in [1.82, 2.24) is 14.9 Å². The zero-order valence-corrected chi connectivity index (χ0v) is 14.4. The molecule has 0 radical (unpaired) electrons. The summed E-state index contributed by atoms with van der Waals surface area (Å²) < 4.78 is 1.97. The van der Waals surface area contributed by atoms with Crippen LogP contribution in [0.25, 0.3) is 5.69 Å². The van der Waals surface area contributed by atoms with E-state index in [0.717, 1.165) is 23.6 Å². The van der Waals surface area contributed by atoms with Crippen LogP contribution < -0.4 is 5.32 Å². The molecule has 24 heavy (non-hydrogen) atoms. The molecule has 128 valence electrons. The molecule has 1 aromatic heterocycles. The van der Waals surface area contributed by atoms with E-state index in [-0.39, 0.29) is 11.9 Å². The Labute approximate surface area is 144 Å².